The summed E-state index contributed by atoms with van der Waals surface area (Å²) in [6, 6.07) is 16.3. The largest absolute Gasteiger partial charge is 0.494 e. The fraction of sp³-hybridized carbons (Fsp3) is 0.348. The van der Waals surface area contributed by atoms with Crippen molar-refractivity contribution in [2.24, 2.45) is 5.92 Å². The Balaban J connectivity index is 2.09. The highest BCUT2D eigenvalue weighted by molar-refractivity contribution is 7.71. The number of hydrogen-bond acceptors (Lipinski definition) is 5. The smallest absolute Gasteiger partial charge is 0.204 e. The number of para-hydroxylation sites is 1. The van der Waals surface area contributed by atoms with E-state index in [1.54, 1.807) is 27.4 Å². The highest BCUT2D eigenvalue weighted by Gasteiger charge is 2.19. The van der Waals surface area contributed by atoms with E-state index in [0.717, 1.165) is 17.9 Å². The first kappa shape index (κ1) is 22.7. The summed E-state index contributed by atoms with van der Waals surface area (Å²) in [6.45, 7) is 8.15. The zero-order chi connectivity index (χ0) is 22.4. The van der Waals surface area contributed by atoms with E-state index in [1.807, 2.05) is 45.0 Å². The molecule has 0 spiro atoms. The lowest BCUT2D eigenvalue weighted by atomic mass is 10.2. The van der Waals surface area contributed by atoms with E-state index in [1.165, 1.54) is 6.07 Å². The van der Waals surface area contributed by atoms with Crippen molar-refractivity contribution in [3.8, 4) is 28.9 Å². The molecule has 0 saturated carbocycles. The van der Waals surface area contributed by atoms with E-state index >= 15 is 0 Å². The molecule has 0 aliphatic rings. The number of hydrogen-bond donors (Lipinski definition) is 0. The van der Waals surface area contributed by atoms with Crippen molar-refractivity contribution in [2.75, 3.05) is 19.7 Å². The van der Waals surface area contributed by atoms with E-state index in [2.05, 4.69) is 11.0 Å². The number of nitrogens with zero attached hydrogens (tertiary/aromatic N) is 5. The Bertz CT molecular complexity index is 1120. The van der Waals surface area contributed by atoms with Crippen LogP contribution in [0.3, 0.4) is 0 Å². The minimum absolute atomic E-state index is 0.117. The second-order valence-corrected chi connectivity index (χ2v) is 7.56. The Kier molecular flexibility index (Phi) is 7.55. The molecule has 0 fully saturated rings. The predicted molar refractivity (Wildman–Crippen MR) is 121 cm³/mol. The van der Waals surface area contributed by atoms with Crippen LogP contribution >= 0.6 is 12.2 Å². The Morgan fingerprint density at radius 3 is 2.52 bits per heavy atom. The first-order valence-electron chi connectivity index (χ1n) is 10.3. The standard InChI is InChI=1S/C23H26FN5OS/c1-4-27(15-17(3)14-25)16-28-23(31)29(21-9-7-6-8-20(21)24)22(26-28)18-10-12-19(13-11-18)30-5-2/h6-13,17H,4-5,15-16H2,1-3H3. The summed E-state index contributed by atoms with van der Waals surface area (Å²) in [7, 11) is 0. The first-order valence-corrected chi connectivity index (χ1v) is 10.7. The average Bonchev–Trinajstić information content (AvgIpc) is 3.10. The van der Waals surface area contributed by atoms with E-state index in [4.69, 9.17) is 27.3 Å². The van der Waals surface area contributed by atoms with Crippen LogP contribution in [0.5, 0.6) is 5.75 Å². The summed E-state index contributed by atoms with van der Waals surface area (Å²) in [5.74, 6) is 0.802. The maximum Gasteiger partial charge on any atom is 0.204 e. The van der Waals surface area contributed by atoms with Crippen molar-refractivity contribution in [1.29, 1.82) is 5.26 Å². The maximum atomic E-state index is 14.7. The van der Waals surface area contributed by atoms with Gasteiger partial charge in [-0.2, -0.15) is 5.26 Å². The van der Waals surface area contributed by atoms with Gasteiger partial charge in [-0.25, -0.2) is 9.07 Å². The predicted octanol–water partition coefficient (Wildman–Crippen LogP) is 5.05. The number of aromatic nitrogens is 3. The number of benzene rings is 2. The molecule has 1 heterocycles. The Labute approximate surface area is 187 Å². The molecule has 0 radical (unpaired) electrons. The molecular weight excluding hydrogens is 413 g/mol. The van der Waals surface area contributed by atoms with Crippen LogP contribution in [0, 0.1) is 27.8 Å². The molecule has 31 heavy (non-hydrogen) atoms. The lowest BCUT2D eigenvalue weighted by Crippen LogP contribution is -2.31. The average molecular weight is 440 g/mol. The third kappa shape index (κ3) is 5.19. The quantitative estimate of drug-likeness (QED) is 0.437. The molecule has 8 heteroatoms. The van der Waals surface area contributed by atoms with Gasteiger partial charge in [0.25, 0.3) is 0 Å². The molecular formula is C23H26FN5OS. The van der Waals surface area contributed by atoms with E-state index in [9.17, 15) is 4.39 Å². The molecule has 1 aromatic heterocycles. The Hall–Kier alpha value is -3.02. The van der Waals surface area contributed by atoms with Gasteiger partial charge >= 0.3 is 0 Å². The molecule has 0 N–H and O–H groups in total. The molecule has 0 aliphatic carbocycles. The third-order valence-electron chi connectivity index (χ3n) is 4.89. The van der Waals surface area contributed by atoms with Gasteiger partial charge < -0.3 is 4.74 Å². The normalized spacial score (nSPS) is 12.0. The van der Waals surface area contributed by atoms with E-state index in [-0.39, 0.29) is 11.7 Å². The number of rotatable bonds is 9. The van der Waals surface area contributed by atoms with Gasteiger partial charge in [-0.3, -0.25) is 9.47 Å². The van der Waals surface area contributed by atoms with Crippen molar-refractivity contribution < 1.29 is 9.13 Å². The van der Waals surface area contributed by atoms with E-state index in [0.29, 0.717) is 36.1 Å². The maximum absolute atomic E-state index is 14.7. The van der Waals surface area contributed by atoms with Crippen molar-refractivity contribution >= 4 is 12.2 Å². The first-order chi connectivity index (χ1) is 15.0. The summed E-state index contributed by atoms with van der Waals surface area (Å²) >= 11 is 5.71. The van der Waals surface area contributed by atoms with Gasteiger partial charge in [0.2, 0.25) is 4.77 Å². The fourth-order valence-electron chi connectivity index (χ4n) is 3.31. The molecule has 0 aliphatic heterocycles. The highest BCUT2D eigenvalue weighted by Crippen LogP contribution is 2.26. The third-order valence-corrected chi connectivity index (χ3v) is 5.28. The molecule has 0 saturated heterocycles. The van der Waals surface area contributed by atoms with Gasteiger partial charge in [0.05, 0.1) is 31.0 Å². The van der Waals surface area contributed by atoms with Crippen LogP contribution in [0.1, 0.15) is 20.8 Å². The summed E-state index contributed by atoms with van der Waals surface area (Å²) in [5, 5.41) is 13.9. The minimum Gasteiger partial charge on any atom is -0.494 e. The number of halogens is 1. The molecule has 1 atom stereocenters. The lowest BCUT2D eigenvalue weighted by Gasteiger charge is -2.21. The molecule has 2 aromatic carbocycles. The van der Waals surface area contributed by atoms with Crippen LogP contribution in [0.2, 0.25) is 0 Å². The van der Waals surface area contributed by atoms with Crippen molar-refractivity contribution in [2.45, 2.75) is 27.4 Å². The van der Waals surface area contributed by atoms with Crippen molar-refractivity contribution in [3.05, 3.63) is 59.1 Å². The van der Waals surface area contributed by atoms with Crippen LogP contribution in [0.15, 0.2) is 48.5 Å². The topological polar surface area (TPSA) is 59.0 Å². The molecule has 3 rings (SSSR count). The fourth-order valence-corrected chi connectivity index (χ4v) is 3.59. The Morgan fingerprint density at radius 2 is 1.90 bits per heavy atom. The van der Waals surface area contributed by atoms with Gasteiger partial charge in [-0.1, -0.05) is 19.1 Å². The minimum atomic E-state index is -0.379. The van der Waals surface area contributed by atoms with E-state index < -0.39 is 0 Å². The van der Waals surface area contributed by atoms with Gasteiger partial charge in [-0.05, 0) is 69.0 Å². The molecule has 0 bridgehead atoms. The van der Waals surface area contributed by atoms with Crippen LogP contribution in [0.4, 0.5) is 4.39 Å². The molecule has 6 nitrogen and oxygen atoms in total. The van der Waals surface area contributed by atoms with Crippen molar-refractivity contribution in [3.63, 3.8) is 0 Å². The number of nitriles is 1. The Morgan fingerprint density at radius 1 is 1.19 bits per heavy atom. The van der Waals surface area contributed by atoms with Gasteiger partial charge in [-0.15, -0.1) is 5.10 Å². The summed E-state index contributed by atoms with van der Waals surface area (Å²) < 4.78 is 24.0. The molecule has 1 unspecified atom stereocenters. The van der Waals surface area contributed by atoms with Gasteiger partial charge in [0, 0.05) is 12.1 Å². The van der Waals surface area contributed by atoms with Crippen LogP contribution in [-0.2, 0) is 6.67 Å². The van der Waals surface area contributed by atoms with Crippen LogP contribution in [0.25, 0.3) is 17.1 Å². The lowest BCUT2D eigenvalue weighted by molar-refractivity contribution is 0.202. The number of ether oxygens (including phenoxy) is 1. The summed E-state index contributed by atoms with van der Waals surface area (Å²) in [6.07, 6.45) is 0. The van der Waals surface area contributed by atoms with Crippen LogP contribution < -0.4 is 4.74 Å². The second kappa shape index (κ2) is 10.3. The second-order valence-electron chi connectivity index (χ2n) is 7.19. The summed E-state index contributed by atoms with van der Waals surface area (Å²) in [5.41, 5.74) is 1.14. The molecule has 0 amide bonds. The zero-order valence-corrected chi connectivity index (χ0v) is 18.8. The van der Waals surface area contributed by atoms with Crippen LogP contribution in [-0.4, -0.2) is 38.9 Å². The molecule has 3 aromatic rings. The SMILES string of the molecule is CCOc1ccc(-c2nn(CN(CC)CC(C)C#N)c(=S)n2-c2ccccc2F)cc1. The van der Waals surface area contributed by atoms with Gasteiger partial charge in [0.1, 0.15) is 11.6 Å². The zero-order valence-electron chi connectivity index (χ0n) is 18.0. The van der Waals surface area contributed by atoms with Crippen molar-refractivity contribution in [1.82, 2.24) is 19.2 Å². The molecule has 162 valence electrons. The monoisotopic (exact) mass is 439 g/mol. The van der Waals surface area contributed by atoms with Gasteiger partial charge in [0.15, 0.2) is 5.82 Å². The highest BCUT2D eigenvalue weighted by atomic mass is 32.1. The summed E-state index contributed by atoms with van der Waals surface area (Å²) in [4.78, 5) is 2.09.